The van der Waals surface area contributed by atoms with Crippen LogP contribution >= 0.6 is 24.0 Å². The Kier molecular flexibility index (Phi) is 7.17. The van der Waals surface area contributed by atoms with Gasteiger partial charge in [-0.1, -0.05) is 19.9 Å². The molecule has 158 valence electrons. The predicted octanol–water partition coefficient (Wildman–Crippen LogP) is 4.81. The van der Waals surface area contributed by atoms with Crippen LogP contribution in [0, 0.1) is 17.6 Å². The molecule has 0 saturated heterocycles. The minimum absolute atomic E-state index is 0.104. The summed E-state index contributed by atoms with van der Waals surface area (Å²) in [5.41, 5.74) is 1.81. The van der Waals surface area contributed by atoms with Crippen molar-refractivity contribution in [2.24, 2.45) is 10.9 Å². The van der Waals surface area contributed by atoms with E-state index in [-0.39, 0.29) is 22.3 Å². The molecule has 9 heteroatoms. The van der Waals surface area contributed by atoms with Crippen molar-refractivity contribution < 1.29 is 18.0 Å². The molecular formula is C21H23F2N4OS2+. The van der Waals surface area contributed by atoms with E-state index in [1.807, 2.05) is 26.0 Å². The van der Waals surface area contributed by atoms with Gasteiger partial charge < -0.3 is 10.1 Å². The molecule has 0 fully saturated rings. The highest BCUT2D eigenvalue weighted by Gasteiger charge is 2.42. The highest BCUT2D eigenvalue weighted by Crippen LogP contribution is 2.43. The molecule has 0 amide bonds. The highest BCUT2D eigenvalue weighted by atomic mass is 32.2. The summed E-state index contributed by atoms with van der Waals surface area (Å²) in [6, 6.07) is 7.32. The number of hydrogen-bond acceptors (Lipinski definition) is 5. The van der Waals surface area contributed by atoms with Crippen LogP contribution in [-0.4, -0.2) is 34.8 Å². The maximum atomic E-state index is 13.8. The smallest absolute Gasteiger partial charge is 0.260 e. The van der Waals surface area contributed by atoms with Gasteiger partial charge in [-0.2, -0.15) is 0 Å². The molecule has 3 rings (SSSR count). The van der Waals surface area contributed by atoms with E-state index >= 15 is 0 Å². The second kappa shape index (κ2) is 9.63. The van der Waals surface area contributed by atoms with Crippen molar-refractivity contribution in [3.05, 3.63) is 70.6 Å². The molecule has 0 saturated carbocycles. The molecular weight excluding hydrogens is 426 g/mol. The third kappa shape index (κ3) is 5.21. The number of thioether (sulfide) groups is 1. The van der Waals surface area contributed by atoms with Gasteiger partial charge in [0.05, 0.1) is 0 Å². The first-order chi connectivity index (χ1) is 14.3. The molecule has 30 heavy (non-hydrogen) atoms. The van der Waals surface area contributed by atoms with Crippen molar-refractivity contribution in [2.45, 2.75) is 25.3 Å². The van der Waals surface area contributed by atoms with E-state index in [4.69, 9.17) is 17.0 Å². The van der Waals surface area contributed by atoms with Gasteiger partial charge in [-0.15, -0.1) is 0 Å². The zero-order chi connectivity index (χ0) is 21.7. The van der Waals surface area contributed by atoms with Gasteiger partial charge in [0.1, 0.15) is 23.9 Å². The Hall–Kier alpha value is -2.36. The summed E-state index contributed by atoms with van der Waals surface area (Å²) in [6.07, 6.45) is 5.29. The fraction of sp³-hybridized carbons (Fsp3) is 0.286. The topological polar surface area (TPSA) is 46.5 Å². The Labute approximate surface area is 184 Å². The quantitative estimate of drug-likeness (QED) is 0.485. The minimum atomic E-state index is -0.624. The molecule has 1 aromatic carbocycles. The Balaban J connectivity index is 2.04. The van der Waals surface area contributed by atoms with Gasteiger partial charge in [0.2, 0.25) is 11.8 Å². The van der Waals surface area contributed by atoms with Gasteiger partial charge in [0, 0.05) is 41.9 Å². The molecule has 1 atom stereocenters. The van der Waals surface area contributed by atoms with Crippen molar-refractivity contribution in [3.63, 3.8) is 0 Å². The summed E-state index contributed by atoms with van der Waals surface area (Å²) in [5, 5.41) is 3.89. The lowest BCUT2D eigenvalue weighted by atomic mass is 10.1. The Bertz CT molecular complexity index is 962. The molecule has 1 unspecified atom stereocenters. The summed E-state index contributed by atoms with van der Waals surface area (Å²) in [7, 11) is 1.69. The standard InChI is InChI=1S/C21H22F2N4OS2/c1-14(2)19-20(30-18-8-16(22)7-17(23)9-18)27(12-26-19,13-28-21(29)24-3)11-15-5-4-6-25-10-15/h4-10,12,14H,11,13H2,1-3H3/p+1. The van der Waals surface area contributed by atoms with Crippen LogP contribution in [0.4, 0.5) is 8.78 Å². The lowest BCUT2D eigenvalue weighted by molar-refractivity contribution is -0.819. The lowest BCUT2D eigenvalue weighted by Crippen LogP contribution is -2.46. The SMILES string of the molecule is CNC(=S)OC[N+]1(Cc2cccnc2)C=NC(C(C)C)=C1Sc1cc(F)cc(F)c1. The number of nitrogens with one attached hydrogen (secondary N) is 1. The Morgan fingerprint density at radius 2 is 2.00 bits per heavy atom. The first-order valence-corrected chi connectivity index (χ1v) is 10.6. The van der Waals surface area contributed by atoms with Gasteiger partial charge in [-0.3, -0.25) is 4.98 Å². The van der Waals surface area contributed by atoms with Gasteiger partial charge in [0.25, 0.3) is 5.17 Å². The van der Waals surface area contributed by atoms with Crippen LogP contribution in [0.25, 0.3) is 0 Å². The predicted molar refractivity (Wildman–Crippen MR) is 118 cm³/mol. The zero-order valence-corrected chi connectivity index (χ0v) is 18.6. The lowest BCUT2D eigenvalue weighted by Gasteiger charge is -2.32. The van der Waals surface area contributed by atoms with E-state index in [0.717, 1.165) is 22.4 Å². The fourth-order valence-corrected chi connectivity index (χ4v) is 4.42. The first kappa shape index (κ1) is 22.3. The molecule has 1 N–H and O–H groups in total. The number of nitrogens with zero attached hydrogens (tertiary/aromatic N) is 3. The third-order valence-corrected chi connectivity index (χ3v) is 6.02. The van der Waals surface area contributed by atoms with E-state index < -0.39 is 11.6 Å². The molecule has 1 aliphatic rings. The molecule has 2 heterocycles. The number of pyridine rings is 1. The third-order valence-electron chi connectivity index (χ3n) is 4.46. The van der Waals surface area contributed by atoms with Crippen LogP contribution in [0.3, 0.4) is 0 Å². The highest BCUT2D eigenvalue weighted by molar-refractivity contribution is 8.02. The number of allylic oxidation sites excluding steroid dienone is 1. The number of benzene rings is 1. The normalized spacial score (nSPS) is 18.2. The molecule has 0 aliphatic carbocycles. The molecule has 0 spiro atoms. The fourth-order valence-electron chi connectivity index (χ4n) is 3.06. The van der Waals surface area contributed by atoms with E-state index in [1.54, 1.807) is 25.8 Å². The van der Waals surface area contributed by atoms with Gasteiger partial charge in [0.15, 0.2) is 6.34 Å². The number of rotatable bonds is 7. The monoisotopic (exact) mass is 449 g/mol. The average Bonchev–Trinajstić information content (AvgIpc) is 3.04. The van der Waals surface area contributed by atoms with Crippen LogP contribution in [0.5, 0.6) is 0 Å². The van der Waals surface area contributed by atoms with Crippen LogP contribution < -0.4 is 5.32 Å². The summed E-state index contributed by atoms with van der Waals surface area (Å²) in [4.78, 5) is 9.32. The number of ether oxygens (including phenoxy) is 1. The van der Waals surface area contributed by atoms with Crippen molar-refractivity contribution >= 4 is 35.5 Å². The average molecular weight is 450 g/mol. The maximum Gasteiger partial charge on any atom is 0.260 e. The number of aromatic nitrogens is 1. The minimum Gasteiger partial charge on any atom is -0.419 e. The second-order valence-corrected chi connectivity index (χ2v) is 8.59. The van der Waals surface area contributed by atoms with Crippen LogP contribution in [0.1, 0.15) is 19.4 Å². The number of aliphatic imine (C=N–C) groups is 1. The maximum absolute atomic E-state index is 13.8. The Morgan fingerprint density at radius 1 is 1.27 bits per heavy atom. The van der Waals surface area contributed by atoms with E-state index in [2.05, 4.69) is 15.3 Å². The molecule has 0 bridgehead atoms. The first-order valence-electron chi connectivity index (χ1n) is 9.37. The van der Waals surface area contributed by atoms with E-state index in [1.165, 1.54) is 23.9 Å². The van der Waals surface area contributed by atoms with E-state index in [9.17, 15) is 8.78 Å². The van der Waals surface area contributed by atoms with Gasteiger partial charge in [-0.25, -0.2) is 18.3 Å². The Morgan fingerprint density at radius 3 is 2.60 bits per heavy atom. The van der Waals surface area contributed by atoms with E-state index in [0.29, 0.717) is 11.4 Å². The molecule has 1 aliphatic heterocycles. The second-order valence-electron chi connectivity index (χ2n) is 7.16. The number of hydrogen-bond donors (Lipinski definition) is 1. The summed E-state index contributed by atoms with van der Waals surface area (Å²) >= 11 is 6.45. The largest absolute Gasteiger partial charge is 0.419 e. The van der Waals surface area contributed by atoms with Gasteiger partial charge in [-0.05, 0) is 42.2 Å². The van der Waals surface area contributed by atoms with Crippen molar-refractivity contribution in [1.82, 2.24) is 10.3 Å². The van der Waals surface area contributed by atoms with Crippen molar-refractivity contribution in [3.8, 4) is 0 Å². The van der Waals surface area contributed by atoms with Crippen LogP contribution in [-0.2, 0) is 11.3 Å². The summed E-state index contributed by atoms with van der Waals surface area (Å²) in [5.74, 6) is -1.14. The van der Waals surface area contributed by atoms with Crippen LogP contribution in [0.15, 0.2) is 63.3 Å². The number of quaternary nitrogens is 1. The summed E-state index contributed by atoms with van der Waals surface area (Å²) in [6.45, 7) is 4.74. The number of halogens is 2. The molecule has 2 aromatic rings. The molecule has 5 nitrogen and oxygen atoms in total. The van der Waals surface area contributed by atoms with Crippen LogP contribution in [0.2, 0.25) is 0 Å². The summed E-state index contributed by atoms with van der Waals surface area (Å²) < 4.78 is 33.6. The molecule has 1 aromatic heterocycles. The number of thiocarbonyl (C=S) groups is 1. The van der Waals surface area contributed by atoms with Crippen molar-refractivity contribution in [1.29, 1.82) is 0 Å². The molecule has 0 radical (unpaired) electrons. The zero-order valence-electron chi connectivity index (χ0n) is 16.9. The van der Waals surface area contributed by atoms with Crippen molar-refractivity contribution in [2.75, 3.05) is 13.8 Å². The van der Waals surface area contributed by atoms with Gasteiger partial charge >= 0.3 is 0 Å².